The van der Waals surface area contributed by atoms with Crippen LogP contribution in [0.15, 0.2) is 73.1 Å². The van der Waals surface area contributed by atoms with E-state index in [9.17, 15) is 0 Å². The van der Waals surface area contributed by atoms with E-state index in [1.165, 1.54) is 0 Å². The highest BCUT2D eigenvalue weighted by atomic mass is 16.5. The summed E-state index contributed by atoms with van der Waals surface area (Å²) in [5.41, 5.74) is 2.74. The molecular formula is C13H14O. The Hall–Kier alpha value is -1.76. The molecule has 0 spiro atoms. The Morgan fingerprint density at radius 2 is 1.64 bits per heavy atom. The van der Waals surface area contributed by atoms with Crippen molar-refractivity contribution in [2.24, 2.45) is 0 Å². The molecule has 1 rings (SSSR count). The van der Waals surface area contributed by atoms with Crippen molar-refractivity contribution >= 4 is 0 Å². The van der Waals surface area contributed by atoms with E-state index in [0.717, 1.165) is 22.5 Å². The van der Waals surface area contributed by atoms with Gasteiger partial charge >= 0.3 is 0 Å². The quantitative estimate of drug-likeness (QED) is 0.643. The van der Waals surface area contributed by atoms with Crippen molar-refractivity contribution in [3.63, 3.8) is 0 Å². The van der Waals surface area contributed by atoms with Crippen molar-refractivity contribution in [2.75, 3.05) is 6.61 Å². The number of ether oxygens (including phenoxy) is 1. The topological polar surface area (TPSA) is 9.23 Å². The molecule has 72 valence electrons. The zero-order valence-electron chi connectivity index (χ0n) is 8.25. The normalized spacial score (nSPS) is 22.3. The predicted molar refractivity (Wildman–Crippen MR) is 60.8 cm³/mol. The first-order valence-corrected chi connectivity index (χ1v) is 4.36. The molecule has 1 aliphatic heterocycles. The SMILES string of the molecule is C=C/C=C1/CO/C(=C/C=C)C(=C)C1=C. The molecule has 0 aliphatic carbocycles. The van der Waals surface area contributed by atoms with Gasteiger partial charge in [0.05, 0.1) is 0 Å². The Morgan fingerprint density at radius 3 is 2.21 bits per heavy atom. The van der Waals surface area contributed by atoms with Gasteiger partial charge in [0.25, 0.3) is 0 Å². The first-order valence-electron chi connectivity index (χ1n) is 4.36. The predicted octanol–water partition coefficient (Wildman–Crippen LogP) is 3.31. The fraction of sp³-hybridized carbons (Fsp3) is 0.0769. The van der Waals surface area contributed by atoms with E-state index < -0.39 is 0 Å². The lowest BCUT2D eigenvalue weighted by Gasteiger charge is -2.23. The first-order chi connectivity index (χ1) is 6.70. The maximum Gasteiger partial charge on any atom is 0.127 e. The Labute approximate surface area is 85.1 Å². The lowest BCUT2D eigenvalue weighted by Crippen LogP contribution is -2.11. The lowest BCUT2D eigenvalue weighted by molar-refractivity contribution is 0.241. The summed E-state index contributed by atoms with van der Waals surface area (Å²) < 4.78 is 5.48. The van der Waals surface area contributed by atoms with Gasteiger partial charge in [0.1, 0.15) is 12.4 Å². The van der Waals surface area contributed by atoms with Crippen LogP contribution in [0.5, 0.6) is 0 Å². The van der Waals surface area contributed by atoms with Gasteiger partial charge < -0.3 is 4.74 Å². The van der Waals surface area contributed by atoms with E-state index in [1.54, 1.807) is 18.2 Å². The van der Waals surface area contributed by atoms with Crippen LogP contribution in [0, 0.1) is 0 Å². The Bertz CT molecular complexity index is 317. The van der Waals surface area contributed by atoms with Crippen LogP contribution in [0.1, 0.15) is 0 Å². The smallest absolute Gasteiger partial charge is 0.127 e. The highest BCUT2D eigenvalue weighted by Gasteiger charge is 2.17. The Balaban J connectivity index is 2.96. The highest BCUT2D eigenvalue weighted by molar-refractivity contribution is 5.55. The van der Waals surface area contributed by atoms with Crippen LogP contribution >= 0.6 is 0 Å². The van der Waals surface area contributed by atoms with Gasteiger partial charge in [-0.25, -0.2) is 0 Å². The third-order valence-electron chi connectivity index (χ3n) is 2.02. The monoisotopic (exact) mass is 186 g/mol. The lowest BCUT2D eigenvalue weighted by atomic mass is 9.96. The summed E-state index contributed by atoms with van der Waals surface area (Å²) in [6.07, 6.45) is 7.08. The summed E-state index contributed by atoms with van der Waals surface area (Å²) in [6, 6.07) is 0. The van der Waals surface area contributed by atoms with Crippen LogP contribution in [0.2, 0.25) is 0 Å². The molecular weight excluding hydrogens is 172 g/mol. The summed E-state index contributed by atoms with van der Waals surface area (Å²) in [5.74, 6) is 0.742. The maximum atomic E-state index is 5.48. The molecule has 14 heavy (non-hydrogen) atoms. The molecule has 0 aromatic heterocycles. The average Bonchev–Trinajstić information content (AvgIpc) is 2.18. The molecule has 0 aromatic rings. The number of hydrogen-bond donors (Lipinski definition) is 0. The van der Waals surface area contributed by atoms with Crippen molar-refractivity contribution in [2.45, 2.75) is 0 Å². The van der Waals surface area contributed by atoms with Crippen LogP contribution in [0.3, 0.4) is 0 Å². The fourth-order valence-electron chi connectivity index (χ4n) is 1.22. The average molecular weight is 186 g/mol. The van der Waals surface area contributed by atoms with Crippen molar-refractivity contribution < 1.29 is 4.74 Å². The summed E-state index contributed by atoms with van der Waals surface area (Å²) >= 11 is 0. The molecule has 0 amide bonds. The zero-order chi connectivity index (χ0) is 10.6. The van der Waals surface area contributed by atoms with Gasteiger partial charge in [-0.15, -0.1) is 0 Å². The van der Waals surface area contributed by atoms with Gasteiger partial charge in [0.15, 0.2) is 0 Å². The van der Waals surface area contributed by atoms with E-state index in [0.29, 0.717) is 6.61 Å². The molecule has 0 bridgehead atoms. The molecule has 1 aliphatic rings. The highest BCUT2D eigenvalue weighted by Crippen LogP contribution is 2.29. The van der Waals surface area contributed by atoms with Gasteiger partial charge in [0.2, 0.25) is 0 Å². The van der Waals surface area contributed by atoms with Crippen LogP contribution in [-0.4, -0.2) is 6.61 Å². The minimum Gasteiger partial charge on any atom is -0.488 e. The van der Waals surface area contributed by atoms with Crippen LogP contribution < -0.4 is 0 Å². The standard InChI is InChI=1S/C13H14O/c1-5-7-12-9-14-13(8-6-2)11(4)10(12)3/h5-8H,1-4,9H2/b12-7-,13-8+. The molecule has 0 unspecified atom stereocenters. The number of rotatable bonds is 2. The molecule has 1 saturated heterocycles. The largest absolute Gasteiger partial charge is 0.488 e. The minimum absolute atomic E-state index is 0.517. The van der Waals surface area contributed by atoms with Crippen molar-refractivity contribution in [3.8, 4) is 0 Å². The molecule has 0 N–H and O–H groups in total. The van der Waals surface area contributed by atoms with E-state index in [1.807, 2.05) is 6.08 Å². The van der Waals surface area contributed by atoms with Crippen molar-refractivity contribution in [1.82, 2.24) is 0 Å². The second-order valence-electron chi connectivity index (χ2n) is 2.94. The molecule has 1 nitrogen and oxygen atoms in total. The van der Waals surface area contributed by atoms with Crippen LogP contribution in [0.25, 0.3) is 0 Å². The zero-order valence-corrected chi connectivity index (χ0v) is 8.25. The van der Waals surface area contributed by atoms with Crippen molar-refractivity contribution in [1.29, 1.82) is 0 Å². The molecule has 0 saturated carbocycles. The second kappa shape index (κ2) is 4.47. The van der Waals surface area contributed by atoms with Gasteiger partial charge in [-0.2, -0.15) is 0 Å². The van der Waals surface area contributed by atoms with Crippen LogP contribution in [0.4, 0.5) is 0 Å². The number of hydrogen-bond acceptors (Lipinski definition) is 1. The summed E-state index contributed by atoms with van der Waals surface area (Å²) in [7, 11) is 0. The Morgan fingerprint density at radius 1 is 1.00 bits per heavy atom. The Kier molecular flexibility index (Phi) is 3.29. The summed E-state index contributed by atoms with van der Waals surface area (Å²) in [5, 5.41) is 0. The summed E-state index contributed by atoms with van der Waals surface area (Å²) in [6.45, 7) is 15.6. The molecule has 1 heteroatoms. The molecule has 0 aromatic carbocycles. The third-order valence-corrected chi connectivity index (χ3v) is 2.02. The molecule has 0 atom stereocenters. The van der Waals surface area contributed by atoms with E-state index >= 15 is 0 Å². The fourth-order valence-corrected chi connectivity index (χ4v) is 1.22. The second-order valence-corrected chi connectivity index (χ2v) is 2.94. The third kappa shape index (κ3) is 1.94. The van der Waals surface area contributed by atoms with E-state index in [2.05, 4.69) is 26.3 Å². The van der Waals surface area contributed by atoms with Gasteiger partial charge in [-0.1, -0.05) is 44.5 Å². The van der Waals surface area contributed by atoms with Gasteiger partial charge in [-0.3, -0.25) is 0 Å². The summed E-state index contributed by atoms with van der Waals surface area (Å²) in [4.78, 5) is 0. The van der Waals surface area contributed by atoms with Crippen LogP contribution in [-0.2, 0) is 4.74 Å². The minimum atomic E-state index is 0.517. The van der Waals surface area contributed by atoms with Gasteiger partial charge in [-0.05, 0) is 17.2 Å². The molecule has 1 fully saturated rings. The first kappa shape index (κ1) is 10.3. The molecule has 1 heterocycles. The number of allylic oxidation sites excluding steroid dienone is 5. The maximum absolute atomic E-state index is 5.48. The van der Waals surface area contributed by atoms with E-state index in [4.69, 9.17) is 4.74 Å². The van der Waals surface area contributed by atoms with Crippen molar-refractivity contribution in [3.05, 3.63) is 73.1 Å². The molecule has 0 radical (unpaired) electrons. The van der Waals surface area contributed by atoms with E-state index in [-0.39, 0.29) is 0 Å². The van der Waals surface area contributed by atoms with Gasteiger partial charge in [0, 0.05) is 5.57 Å².